The molecule has 0 bridgehead atoms. The van der Waals surface area contributed by atoms with Crippen molar-refractivity contribution in [3.05, 3.63) is 89.9 Å². The average molecular weight is 619 g/mol. The fraction of sp³-hybridized carbons (Fsp3) is 0.241. The van der Waals surface area contributed by atoms with Gasteiger partial charge in [0, 0.05) is 55.4 Å². The number of anilines is 1. The van der Waals surface area contributed by atoms with Crippen molar-refractivity contribution >= 4 is 32.5 Å². The maximum absolute atomic E-state index is 14.4. The van der Waals surface area contributed by atoms with Crippen molar-refractivity contribution in [2.45, 2.75) is 17.8 Å². The zero-order valence-electron chi connectivity index (χ0n) is 22.8. The number of nitrogens with zero attached hydrogens (tertiary/aromatic N) is 3. The molecule has 3 aromatic carbocycles. The van der Waals surface area contributed by atoms with E-state index >= 15 is 0 Å². The number of nitrogens with one attached hydrogen (secondary N) is 1. The van der Waals surface area contributed by atoms with Gasteiger partial charge in [0.25, 0.3) is 15.9 Å². The Morgan fingerprint density at radius 2 is 1.70 bits per heavy atom. The number of halogens is 4. The predicted octanol–water partition coefficient (Wildman–Crippen LogP) is 5.04. The maximum Gasteiger partial charge on any atom is 0.573 e. The van der Waals surface area contributed by atoms with Gasteiger partial charge in [-0.2, -0.15) is 0 Å². The smallest absolute Gasteiger partial charge is 0.496 e. The number of para-hydroxylation sites is 1. The number of fused-ring (bicyclic) bond motifs is 1. The molecule has 5 rings (SSSR count). The summed E-state index contributed by atoms with van der Waals surface area (Å²) in [5.74, 6) is -1.46. The molecule has 1 N–H and O–H groups in total. The molecule has 43 heavy (non-hydrogen) atoms. The monoisotopic (exact) mass is 618 g/mol. The first-order valence-electron chi connectivity index (χ1n) is 13.0. The van der Waals surface area contributed by atoms with Crippen LogP contribution in [-0.4, -0.2) is 68.8 Å². The summed E-state index contributed by atoms with van der Waals surface area (Å²) in [6.07, 6.45) is -3.77. The normalized spacial score (nSPS) is 14.5. The fourth-order valence-electron chi connectivity index (χ4n) is 4.84. The first-order valence-corrected chi connectivity index (χ1v) is 14.5. The van der Waals surface area contributed by atoms with Crippen LogP contribution in [0.2, 0.25) is 0 Å². The van der Waals surface area contributed by atoms with Gasteiger partial charge in [-0.05, 0) is 42.5 Å². The number of piperazine rings is 1. The van der Waals surface area contributed by atoms with Crippen LogP contribution in [-0.2, 0) is 16.6 Å². The number of hydrogen-bond acceptors (Lipinski definition) is 7. The number of alkyl halides is 3. The van der Waals surface area contributed by atoms with Crippen molar-refractivity contribution in [3.63, 3.8) is 0 Å². The third-order valence-corrected chi connectivity index (χ3v) is 8.32. The number of methoxy groups -OCH3 is 1. The minimum absolute atomic E-state index is 0.127. The largest absolute Gasteiger partial charge is 0.573 e. The molecule has 0 spiro atoms. The molecule has 0 saturated carbocycles. The van der Waals surface area contributed by atoms with Gasteiger partial charge in [0.2, 0.25) is 0 Å². The van der Waals surface area contributed by atoms with Crippen LogP contribution in [0.5, 0.6) is 11.5 Å². The van der Waals surface area contributed by atoms with Gasteiger partial charge in [0.1, 0.15) is 16.5 Å². The van der Waals surface area contributed by atoms with Crippen LogP contribution >= 0.6 is 0 Å². The number of carbonyl (C=O) groups excluding carboxylic acids is 1. The topological polar surface area (TPSA) is 101 Å². The highest BCUT2D eigenvalue weighted by Gasteiger charge is 2.34. The summed E-state index contributed by atoms with van der Waals surface area (Å²) in [6.45, 7) is 1.47. The van der Waals surface area contributed by atoms with Crippen LogP contribution < -0.4 is 14.2 Å². The van der Waals surface area contributed by atoms with E-state index in [0.717, 1.165) is 12.1 Å². The fourth-order valence-corrected chi connectivity index (χ4v) is 6.09. The van der Waals surface area contributed by atoms with E-state index < -0.39 is 39.5 Å². The summed E-state index contributed by atoms with van der Waals surface area (Å²) >= 11 is 0. The lowest BCUT2D eigenvalue weighted by Gasteiger charge is -2.35. The highest BCUT2D eigenvalue weighted by molar-refractivity contribution is 7.93. The minimum atomic E-state index is -5.16. The summed E-state index contributed by atoms with van der Waals surface area (Å²) < 4.78 is 92.3. The van der Waals surface area contributed by atoms with Crippen molar-refractivity contribution in [2.75, 3.05) is 38.0 Å². The third kappa shape index (κ3) is 6.81. The standard InChI is InChI=1S/C29H26F4N4O5S/c1-41-24-8-3-7-22(30)21(24)18-36-13-15-37(16-14-36)28(38)20-10-11-23(25(17-20)42-29(31,32)33)35-43(39,40)26-9-2-5-19-6-4-12-34-27(19)26/h2-12,17,35H,13-16,18H2,1H3. The minimum Gasteiger partial charge on any atom is -0.496 e. The molecule has 4 aromatic rings. The van der Waals surface area contributed by atoms with E-state index in [1.165, 1.54) is 42.5 Å². The Labute approximate surface area is 244 Å². The second-order valence-corrected chi connectivity index (χ2v) is 11.3. The predicted molar refractivity (Wildman–Crippen MR) is 150 cm³/mol. The van der Waals surface area contributed by atoms with Gasteiger partial charge >= 0.3 is 6.36 Å². The van der Waals surface area contributed by atoms with Crippen LogP contribution in [0, 0.1) is 5.82 Å². The Bertz CT molecular complexity index is 1750. The van der Waals surface area contributed by atoms with Crippen molar-refractivity contribution in [2.24, 2.45) is 0 Å². The van der Waals surface area contributed by atoms with E-state index in [1.54, 1.807) is 30.3 Å². The maximum atomic E-state index is 14.4. The molecule has 0 atom stereocenters. The molecule has 0 radical (unpaired) electrons. The highest BCUT2D eigenvalue weighted by Crippen LogP contribution is 2.34. The molecule has 1 aromatic heterocycles. The number of pyridine rings is 1. The molecular weight excluding hydrogens is 592 g/mol. The lowest BCUT2D eigenvalue weighted by atomic mass is 10.1. The Kier molecular flexibility index (Phi) is 8.42. The Morgan fingerprint density at radius 3 is 2.42 bits per heavy atom. The van der Waals surface area contributed by atoms with Gasteiger partial charge in [-0.1, -0.05) is 24.3 Å². The summed E-state index contributed by atoms with van der Waals surface area (Å²) in [5.41, 5.74) is -0.116. The Hall–Kier alpha value is -4.43. The molecule has 14 heteroatoms. The number of aromatic nitrogens is 1. The van der Waals surface area contributed by atoms with E-state index in [4.69, 9.17) is 4.74 Å². The second-order valence-electron chi connectivity index (χ2n) is 9.68. The first kappa shape index (κ1) is 30.0. The average Bonchev–Trinajstić information content (AvgIpc) is 2.98. The van der Waals surface area contributed by atoms with Crippen LogP contribution in [0.15, 0.2) is 77.8 Å². The number of amides is 1. The van der Waals surface area contributed by atoms with Crippen LogP contribution in [0.25, 0.3) is 10.9 Å². The summed E-state index contributed by atoms with van der Waals surface area (Å²) in [6, 6.07) is 15.3. The molecular formula is C29H26F4N4O5S. The van der Waals surface area contributed by atoms with Crippen molar-refractivity contribution in [1.82, 2.24) is 14.8 Å². The lowest BCUT2D eigenvalue weighted by Crippen LogP contribution is -2.48. The Balaban J connectivity index is 1.34. The number of carbonyl (C=O) groups is 1. The number of rotatable bonds is 8. The number of benzene rings is 3. The molecule has 226 valence electrons. The summed E-state index contributed by atoms with van der Waals surface area (Å²) in [5, 5.41) is 0.520. The number of hydrogen-bond donors (Lipinski definition) is 1. The molecule has 1 saturated heterocycles. The van der Waals surface area contributed by atoms with Gasteiger partial charge in [0.05, 0.1) is 18.3 Å². The zero-order valence-corrected chi connectivity index (χ0v) is 23.6. The number of ether oxygens (including phenoxy) is 2. The summed E-state index contributed by atoms with van der Waals surface area (Å²) in [4.78, 5) is 20.5. The highest BCUT2D eigenvalue weighted by atomic mass is 32.2. The van der Waals surface area contributed by atoms with Gasteiger partial charge in [-0.15, -0.1) is 13.2 Å². The zero-order chi connectivity index (χ0) is 30.8. The van der Waals surface area contributed by atoms with Crippen molar-refractivity contribution in [3.8, 4) is 11.5 Å². The second kappa shape index (κ2) is 12.1. The van der Waals surface area contributed by atoms with Crippen LogP contribution in [0.1, 0.15) is 15.9 Å². The molecule has 1 fully saturated rings. The molecule has 1 aliphatic heterocycles. The molecule has 9 nitrogen and oxygen atoms in total. The molecule has 0 aliphatic carbocycles. The summed E-state index contributed by atoms with van der Waals surface area (Å²) in [7, 11) is -2.96. The van der Waals surface area contributed by atoms with Crippen molar-refractivity contribution in [1.29, 1.82) is 0 Å². The van der Waals surface area contributed by atoms with E-state index in [9.17, 15) is 30.8 Å². The van der Waals surface area contributed by atoms with E-state index in [2.05, 4.69) is 14.4 Å². The Morgan fingerprint density at radius 1 is 0.977 bits per heavy atom. The van der Waals surface area contributed by atoms with Gasteiger partial charge in [-0.3, -0.25) is 19.4 Å². The SMILES string of the molecule is COc1cccc(F)c1CN1CCN(C(=O)c2ccc(NS(=O)(=O)c3cccc4cccnc34)c(OC(F)(F)F)c2)CC1. The molecule has 0 unspecified atom stereocenters. The van der Waals surface area contributed by atoms with Crippen molar-refractivity contribution < 1.29 is 40.2 Å². The van der Waals surface area contributed by atoms with Gasteiger partial charge < -0.3 is 14.4 Å². The molecule has 1 amide bonds. The first-order chi connectivity index (χ1) is 20.4. The van der Waals surface area contributed by atoms with Crippen LogP contribution in [0.3, 0.4) is 0 Å². The van der Waals surface area contributed by atoms with Gasteiger partial charge in [-0.25, -0.2) is 12.8 Å². The van der Waals surface area contributed by atoms with Gasteiger partial charge in [0.15, 0.2) is 5.75 Å². The van der Waals surface area contributed by atoms with E-state index in [0.29, 0.717) is 29.8 Å². The van der Waals surface area contributed by atoms with Crippen LogP contribution in [0.4, 0.5) is 23.2 Å². The molecule has 1 aliphatic rings. The van der Waals surface area contributed by atoms with E-state index in [-0.39, 0.29) is 35.6 Å². The third-order valence-electron chi connectivity index (χ3n) is 6.92. The quantitative estimate of drug-likeness (QED) is 0.276. The van der Waals surface area contributed by atoms with E-state index in [1.807, 2.05) is 4.90 Å². The lowest BCUT2D eigenvalue weighted by molar-refractivity contribution is -0.274. The molecule has 2 heterocycles. The number of sulfonamides is 1.